The molecule has 0 radical (unpaired) electrons. The van der Waals surface area contributed by atoms with Crippen LogP contribution in [0.5, 0.6) is 17.2 Å². The Morgan fingerprint density at radius 2 is 1.69 bits per heavy atom. The molecule has 0 aliphatic heterocycles. The Morgan fingerprint density at radius 3 is 2.40 bits per heavy atom. The molecule has 5 aromatic rings. The molecule has 0 fully saturated rings. The number of nitro groups is 1. The normalized spacial score (nSPS) is 17.6. The summed E-state index contributed by atoms with van der Waals surface area (Å²) in [4.78, 5) is 39.6. The number of carbonyl (C=O) groups excluding carboxylic acids is 2. The summed E-state index contributed by atoms with van der Waals surface area (Å²) in [6.07, 6.45) is 0.284. The van der Waals surface area contributed by atoms with Crippen LogP contribution in [0.1, 0.15) is 53.3 Å². The number of nitrogens with zero attached hydrogens (tertiary/aromatic N) is 2. The Morgan fingerprint density at radius 1 is 0.958 bits per heavy atom. The van der Waals surface area contributed by atoms with Crippen LogP contribution in [0.25, 0.3) is 21.7 Å². The van der Waals surface area contributed by atoms with Gasteiger partial charge in [0.15, 0.2) is 5.76 Å². The third kappa shape index (κ3) is 6.86. The summed E-state index contributed by atoms with van der Waals surface area (Å²) in [6, 6.07) is 21.9. The predicted molar refractivity (Wildman–Crippen MR) is 183 cm³/mol. The van der Waals surface area contributed by atoms with Crippen molar-refractivity contribution in [3.8, 4) is 17.2 Å². The van der Waals surface area contributed by atoms with Gasteiger partial charge >= 0.3 is 6.16 Å². The van der Waals surface area contributed by atoms with Gasteiger partial charge in [0.05, 0.1) is 4.92 Å². The van der Waals surface area contributed by atoms with Crippen molar-refractivity contribution in [3.05, 3.63) is 106 Å². The molecule has 0 amide bonds. The number of hydrogen-bond acceptors (Lipinski definition) is 9. The maximum absolute atomic E-state index is 14.2. The fourth-order valence-corrected chi connectivity index (χ4v) is 6.72. The highest BCUT2D eigenvalue weighted by molar-refractivity contribution is 6.18. The van der Waals surface area contributed by atoms with Crippen LogP contribution in [0.4, 0.5) is 10.5 Å². The van der Waals surface area contributed by atoms with Gasteiger partial charge in [-0.05, 0) is 97.8 Å². The first-order valence-corrected chi connectivity index (χ1v) is 16.3. The lowest BCUT2D eigenvalue weighted by Gasteiger charge is -2.24. The van der Waals surface area contributed by atoms with Crippen LogP contribution in [0, 0.1) is 16.0 Å². The fraction of sp³-hybridized carbons (Fsp3) is 0.297. The van der Waals surface area contributed by atoms with Crippen LogP contribution < -0.4 is 14.2 Å². The van der Waals surface area contributed by atoms with Gasteiger partial charge in [0, 0.05) is 41.2 Å². The van der Waals surface area contributed by atoms with E-state index in [0.29, 0.717) is 42.0 Å². The highest BCUT2D eigenvalue weighted by atomic mass is 35.5. The summed E-state index contributed by atoms with van der Waals surface area (Å²) < 4.78 is 23.1. The third-order valence-corrected chi connectivity index (χ3v) is 9.28. The van der Waals surface area contributed by atoms with Crippen LogP contribution >= 0.6 is 11.6 Å². The van der Waals surface area contributed by atoms with Crippen molar-refractivity contribution in [3.63, 3.8) is 0 Å². The van der Waals surface area contributed by atoms with Gasteiger partial charge < -0.3 is 23.5 Å². The minimum absolute atomic E-state index is 0.0366. The van der Waals surface area contributed by atoms with E-state index in [-0.39, 0.29) is 40.6 Å². The Kier molecular flexibility index (Phi) is 9.66. The first-order valence-electron chi connectivity index (χ1n) is 15.7. The number of non-ortho nitro benzene ring substituents is 1. The molecular formula is C37H35ClN2O8. The van der Waals surface area contributed by atoms with Gasteiger partial charge in [-0.3, -0.25) is 14.9 Å². The predicted octanol–water partition coefficient (Wildman–Crippen LogP) is 8.73. The lowest BCUT2D eigenvalue weighted by molar-refractivity contribution is -0.384. The fourth-order valence-electron chi connectivity index (χ4n) is 6.41. The zero-order chi connectivity index (χ0) is 33.9. The van der Waals surface area contributed by atoms with Gasteiger partial charge in [-0.1, -0.05) is 31.2 Å². The molecule has 248 valence electrons. The van der Waals surface area contributed by atoms with Crippen LogP contribution in [-0.2, 0) is 0 Å². The van der Waals surface area contributed by atoms with E-state index in [1.807, 2.05) is 68.4 Å². The summed E-state index contributed by atoms with van der Waals surface area (Å²) in [6.45, 7) is 3.32. The minimum Gasteiger partial charge on any atom is -0.492 e. The molecule has 4 aromatic carbocycles. The summed E-state index contributed by atoms with van der Waals surface area (Å²) in [7, 11) is 3.97. The quantitative estimate of drug-likeness (QED) is 0.0273. The molecule has 1 heterocycles. The molecule has 0 spiro atoms. The smallest absolute Gasteiger partial charge is 0.492 e. The molecule has 0 bridgehead atoms. The van der Waals surface area contributed by atoms with Crippen molar-refractivity contribution in [2.45, 2.75) is 31.6 Å². The van der Waals surface area contributed by atoms with Crippen molar-refractivity contribution in [1.82, 2.24) is 4.90 Å². The molecule has 0 N–H and O–H groups in total. The first kappa shape index (κ1) is 33.0. The van der Waals surface area contributed by atoms with Gasteiger partial charge in [-0.25, -0.2) is 4.79 Å². The molecular weight excluding hydrogens is 636 g/mol. The Hall–Kier alpha value is -4.93. The molecule has 1 aliphatic rings. The van der Waals surface area contributed by atoms with Gasteiger partial charge in [-0.15, -0.1) is 11.6 Å². The number of hydrogen-bond donors (Lipinski definition) is 0. The van der Waals surface area contributed by atoms with Crippen molar-refractivity contribution >= 4 is 51.0 Å². The number of rotatable bonds is 10. The molecule has 0 saturated heterocycles. The zero-order valence-corrected chi connectivity index (χ0v) is 27.6. The number of furan rings is 1. The number of benzene rings is 4. The second-order valence-corrected chi connectivity index (χ2v) is 12.6. The molecule has 2 unspecified atom stereocenters. The van der Waals surface area contributed by atoms with Crippen molar-refractivity contribution in [2.75, 3.05) is 33.1 Å². The van der Waals surface area contributed by atoms with E-state index in [1.165, 1.54) is 24.3 Å². The van der Waals surface area contributed by atoms with Crippen LogP contribution in [0.3, 0.4) is 0 Å². The maximum atomic E-state index is 14.2. The first-order chi connectivity index (χ1) is 23.1. The molecule has 6 rings (SSSR count). The molecule has 0 saturated carbocycles. The number of ketones is 1. The van der Waals surface area contributed by atoms with E-state index in [9.17, 15) is 19.7 Å². The van der Waals surface area contributed by atoms with Crippen LogP contribution in [0.2, 0.25) is 0 Å². The van der Waals surface area contributed by atoms with Gasteiger partial charge in [0.2, 0.25) is 5.78 Å². The van der Waals surface area contributed by atoms with Gasteiger partial charge in [-0.2, -0.15) is 0 Å². The molecule has 3 atom stereocenters. The molecule has 11 heteroatoms. The Balaban J connectivity index is 1.30. The average Bonchev–Trinajstić information content (AvgIpc) is 3.44. The average molecular weight is 671 g/mol. The lowest BCUT2D eigenvalue weighted by atomic mass is 9.81. The third-order valence-electron chi connectivity index (χ3n) is 8.91. The standard InChI is InChI=1S/C37H35ClN2O8/c1-22-28(36(41)34-19-24-18-27(13-15-32(24)47-34)45-17-16-39(2)3)14-8-23(21-38)35-30-7-5-4-6-29(30)33(20-31(22)35)48-37(42)46-26-11-9-25(10-12-26)40(43)44/h4-7,9-13,15,18-20,22-23,28H,8,14,16-17,21H2,1-3H3/t22?,23-,28?/m0/s1. The van der Waals surface area contributed by atoms with Crippen molar-refractivity contribution in [2.24, 2.45) is 5.92 Å². The van der Waals surface area contributed by atoms with Crippen molar-refractivity contribution < 1.29 is 33.1 Å². The number of likely N-dealkylation sites (N-methyl/N-ethyl adjacent to an activating group) is 1. The number of fused-ring (bicyclic) bond motifs is 4. The number of halogens is 1. The topological polar surface area (TPSA) is 121 Å². The Bertz CT molecular complexity index is 1990. The molecule has 10 nitrogen and oxygen atoms in total. The summed E-state index contributed by atoms with van der Waals surface area (Å²) >= 11 is 6.57. The number of nitro benzene ring substituents is 1. The highest BCUT2D eigenvalue weighted by Gasteiger charge is 2.36. The van der Waals surface area contributed by atoms with Crippen LogP contribution in [-0.4, -0.2) is 54.9 Å². The Labute approximate surface area is 282 Å². The number of carbonyl (C=O) groups is 2. The van der Waals surface area contributed by atoms with E-state index in [4.69, 9.17) is 30.2 Å². The lowest BCUT2D eigenvalue weighted by Crippen LogP contribution is -2.20. The summed E-state index contributed by atoms with van der Waals surface area (Å²) in [5.74, 6) is 0.881. The van der Waals surface area contributed by atoms with E-state index < -0.39 is 17.0 Å². The summed E-state index contributed by atoms with van der Waals surface area (Å²) in [5, 5.41) is 13.4. The monoisotopic (exact) mass is 670 g/mol. The minimum atomic E-state index is -0.996. The van der Waals surface area contributed by atoms with E-state index >= 15 is 0 Å². The van der Waals surface area contributed by atoms with Crippen molar-refractivity contribution in [1.29, 1.82) is 0 Å². The second-order valence-electron chi connectivity index (χ2n) is 12.3. The largest absolute Gasteiger partial charge is 0.519 e. The maximum Gasteiger partial charge on any atom is 0.519 e. The number of ether oxygens (including phenoxy) is 3. The second kappa shape index (κ2) is 14.0. The SMILES string of the molecule is CC1c2cc(OC(=O)Oc3ccc([N+](=O)[O-])cc3)c3ccccc3c2[C@H](CCl)CCC1C(=O)c1cc2cc(OCCN(C)C)ccc2o1. The van der Waals surface area contributed by atoms with E-state index in [0.717, 1.165) is 28.4 Å². The van der Waals surface area contributed by atoms with E-state index in [1.54, 1.807) is 12.1 Å². The number of alkyl halides is 1. The summed E-state index contributed by atoms with van der Waals surface area (Å²) in [5.41, 5.74) is 2.37. The van der Waals surface area contributed by atoms with E-state index in [2.05, 4.69) is 0 Å². The molecule has 1 aliphatic carbocycles. The molecule has 1 aromatic heterocycles. The van der Waals surface area contributed by atoms with Crippen LogP contribution in [0.15, 0.2) is 83.3 Å². The zero-order valence-electron chi connectivity index (χ0n) is 26.8. The number of Topliss-reactive ketones (excluding diaryl/α,β-unsaturated/α-hetero) is 1. The van der Waals surface area contributed by atoms with Gasteiger partial charge in [0.1, 0.15) is 29.4 Å². The highest BCUT2D eigenvalue weighted by Crippen LogP contribution is 2.47. The molecule has 48 heavy (non-hydrogen) atoms. The van der Waals surface area contributed by atoms with Gasteiger partial charge in [0.25, 0.3) is 5.69 Å².